The molecule has 0 saturated heterocycles. The highest BCUT2D eigenvalue weighted by molar-refractivity contribution is 5.86. The summed E-state index contributed by atoms with van der Waals surface area (Å²) in [5.41, 5.74) is 2.14. The number of carboxylic acid groups (broad SMARTS) is 1. The topological polar surface area (TPSA) is 81.5 Å². The monoisotopic (exact) mass is 274 g/mol. The molecule has 0 unspecified atom stereocenters. The largest absolute Gasteiger partial charge is 0.493 e. The number of methoxy groups -OCH3 is 2. The Morgan fingerprint density at radius 1 is 1.10 bits per heavy atom. The number of nitrogens with zero attached hydrogens (tertiary/aromatic N) is 2. The van der Waals surface area contributed by atoms with Crippen LogP contribution in [-0.2, 0) is 0 Å². The van der Waals surface area contributed by atoms with Crippen LogP contribution in [0.2, 0.25) is 0 Å². The molecule has 6 nitrogen and oxygen atoms in total. The van der Waals surface area contributed by atoms with Gasteiger partial charge >= 0.3 is 5.97 Å². The maximum atomic E-state index is 11.0. The van der Waals surface area contributed by atoms with Gasteiger partial charge in [0.1, 0.15) is 6.33 Å². The fraction of sp³-hybridized carbons (Fsp3) is 0.214. The van der Waals surface area contributed by atoms with Gasteiger partial charge in [-0.3, -0.25) is 0 Å². The molecule has 0 spiro atoms. The average molecular weight is 274 g/mol. The molecule has 0 bridgehead atoms. The van der Waals surface area contributed by atoms with Crippen LogP contribution in [0.1, 0.15) is 16.1 Å². The third kappa shape index (κ3) is 2.54. The zero-order valence-corrected chi connectivity index (χ0v) is 11.4. The second-order valence-corrected chi connectivity index (χ2v) is 4.12. The van der Waals surface area contributed by atoms with Crippen molar-refractivity contribution < 1.29 is 19.4 Å². The van der Waals surface area contributed by atoms with Crippen molar-refractivity contribution >= 4 is 5.97 Å². The lowest BCUT2D eigenvalue weighted by Gasteiger charge is -2.12. The van der Waals surface area contributed by atoms with Crippen LogP contribution in [-0.4, -0.2) is 35.3 Å². The van der Waals surface area contributed by atoms with E-state index in [4.69, 9.17) is 14.6 Å². The number of aryl methyl sites for hydroxylation is 1. The molecule has 0 radical (unpaired) electrons. The molecule has 0 atom stereocenters. The first-order valence-corrected chi connectivity index (χ1v) is 5.85. The van der Waals surface area contributed by atoms with Gasteiger partial charge in [-0.05, 0) is 30.7 Å². The lowest BCUT2D eigenvalue weighted by molar-refractivity contribution is 0.0690. The fourth-order valence-corrected chi connectivity index (χ4v) is 1.88. The van der Waals surface area contributed by atoms with Gasteiger partial charge in [0, 0.05) is 5.56 Å². The smallest absolute Gasteiger partial charge is 0.354 e. The summed E-state index contributed by atoms with van der Waals surface area (Å²) in [4.78, 5) is 18.8. The van der Waals surface area contributed by atoms with Crippen molar-refractivity contribution in [2.75, 3.05) is 14.2 Å². The van der Waals surface area contributed by atoms with E-state index < -0.39 is 5.97 Å². The molecule has 0 fully saturated rings. The van der Waals surface area contributed by atoms with Crippen molar-refractivity contribution in [2.45, 2.75) is 6.92 Å². The van der Waals surface area contributed by atoms with E-state index in [9.17, 15) is 4.79 Å². The molecule has 0 aliphatic rings. The van der Waals surface area contributed by atoms with E-state index in [0.29, 0.717) is 17.2 Å². The number of rotatable bonds is 4. The van der Waals surface area contributed by atoms with Crippen LogP contribution in [0.5, 0.6) is 11.5 Å². The summed E-state index contributed by atoms with van der Waals surface area (Å²) in [7, 11) is 3.10. The molecule has 0 saturated carbocycles. The summed E-state index contributed by atoms with van der Waals surface area (Å²) >= 11 is 0. The van der Waals surface area contributed by atoms with Crippen molar-refractivity contribution in [3.8, 4) is 22.8 Å². The summed E-state index contributed by atoms with van der Waals surface area (Å²) in [6, 6.07) is 5.01. The maximum absolute atomic E-state index is 11.0. The quantitative estimate of drug-likeness (QED) is 0.920. The summed E-state index contributed by atoms with van der Waals surface area (Å²) in [5.74, 6) is 0.0802. The molecule has 2 rings (SSSR count). The number of aromatic carboxylic acids is 1. The van der Waals surface area contributed by atoms with E-state index in [1.807, 2.05) is 13.0 Å². The van der Waals surface area contributed by atoms with Crippen molar-refractivity contribution in [3.63, 3.8) is 0 Å². The number of carbonyl (C=O) groups is 1. The standard InChI is InChI=1S/C14H14N2O4/c1-8-4-12(19-2)13(20-3)5-9(8)10-6-11(14(17)18)16-7-15-10/h4-7H,1-3H3,(H,17,18). The zero-order chi connectivity index (χ0) is 14.7. The molecule has 1 N–H and O–H groups in total. The molecule has 1 aromatic carbocycles. The Labute approximate surface area is 116 Å². The molecule has 2 aromatic rings. The number of hydrogen-bond donors (Lipinski definition) is 1. The van der Waals surface area contributed by atoms with Gasteiger partial charge in [-0.15, -0.1) is 0 Å². The fourth-order valence-electron chi connectivity index (χ4n) is 1.88. The number of hydrogen-bond acceptors (Lipinski definition) is 5. The number of ether oxygens (including phenoxy) is 2. The van der Waals surface area contributed by atoms with E-state index in [1.54, 1.807) is 20.3 Å². The Hall–Kier alpha value is -2.63. The van der Waals surface area contributed by atoms with E-state index in [-0.39, 0.29) is 5.69 Å². The minimum absolute atomic E-state index is 0.0517. The van der Waals surface area contributed by atoms with E-state index in [0.717, 1.165) is 11.1 Å². The first-order chi connectivity index (χ1) is 9.56. The Balaban J connectivity index is 2.57. The van der Waals surface area contributed by atoms with Gasteiger partial charge in [-0.25, -0.2) is 14.8 Å². The summed E-state index contributed by atoms with van der Waals surface area (Å²) < 4.78 is 10.5. The van der Waals surface area contributed by atoms with Gasteiger partial charge in [-0.2, -0.15) is 0 Å². The van der Waals surface area contributed by atoms with Gasteiger partial charge < -0.3 is 14.6 Å². The van der Waals surface area contributed by atoms with Crippen LogP contribution < -0.4 is 9.47 Å². The summed E-state index contributed by atoms with van der Waals surface area (Å²) in [5, 5.41) is 8.97. The second kappa shape index (κ2) is 5.56. The molecule has 1 aromatic heterocycles. The van der Waals surface area contributed by atoms with Crippen LogP contribution in [0.3, 0.4) is 0 Å². The number of benzene rings is 1. The van der Waals surface area contributed by atoms with Crippen molar-refractivity contribution in [3.05, 3.63) is 35.8 Å². The minimum atomic E-state index is -1.09. The van der Waals surface area contributed by atoms with Crippen LogP contribution in [0, 0.1) is 6.92 Å². The Morgan fingerprint density at radius 2 is 1.75 bits per heavy atom. The number of aromatic nitrogens is 2. The van der Waals surface area contributed by atoms with Crippen molar-refractivity contribution in [1.29, 1.82) is 0 Å². The van der Waals surface area contributed by atoms with Gasteiger partial charge in [0.15, 0.2) is 17.2 Å². The third-order valence-corrected chi connectivity index (χ3v) is 2.89. The lowest BCUT2D eigenvalue weighted by atomic mass is 10.0. The predicted molar refractivity (Wildman–Crippen MR) is 72.3 cm³/mol. The van der Waals surface area contributed by atoms with Crippen molar-refractivity contribution in [2.24, 2.45) is 0 Å². The summed E-state index contributed by atoms with van der Waals surface area (Å²) in [6.07, 6.45) is 1.23. The molecule has 6 heteroatoms. The molecule has 104 valence electrons. The Morgan fingerprint density at radius 3 is 2.35 bits per heavy atom. The molecular formula is C14H14N2O4. The third-order valence-electron chi connectivity index (χ3n) is 2.89. The van der Waals surface area contributed by atoms with Crippen LogP contribution in [0.25, 0.3) is 11.3 Å². The predicted octanol–water partition coefficient (Wildman–Crippen LogP) is 2.17. The van der Waals surface area contributed by atoms with E-state index >= 15 is 0 Å². The maximum Gasteiger partial charge on any atom is 0.354 e. The highest BCUT2D eigenvalue weighted by Crippen LogP contribution is 2.34. The first kappa shape index (κ1) is 13.8. The van der Waals surface area contributed by atoms with Gasteiger partial charge in [-0.1, -0.05) is 0 Å². The molecule has 0 aliphatic heterocycles. The molecule has 0 amide bonds. The normalized spacial score (nSPS) is 10.2. The average Bonchev–Trinajstić information content (AvgIpc) is 2.46. The SMILES string of the molecule is COc1cc(C)c(-c2cc(C(=O)O)ncn2)cc1OC. The van der Waals surface area contributed by atoms with Gasteiger partial charge in [0.2, 0.25) is 0 Å². The second-order valence-electron chi connectivity index (χ2n) is 4.12. The highest BCUT2D eigenvalue weighted by Gasteiger charge is 2.13. The lowest BCUT2D eigenvalue weighted by Crippen LogP contribution is -2.02. The molecule has 0 aliphatic carbocycles. The first-order valence-electron chi connectivity index (χ1n) is 5.85. The van der Waals surface area contributed by atoms with Gasteiger partial charge in [0.25, 0.3) is 0 Å². The van der Waals surface area contributed by atoms with Crippen molar-refractivity contribution in [1.82, 2.24) is 9.97 Å². The summed E-state index contributed by atoms with van der Waals surface area (Å²) in [6.45, 7) is 1.89. The molecule has 20 heavy (non-hydrogen) atoms. The van der Waals surface area contributed by atoms with E-state index in [2.05, 4.69) is 9.97 Å². The van der Waals surface area contributed by atoms with Crippen LogP contribution in [0.15, 0.2) is 24.5 Å². The zero-order valence-electron chi connectivity index (χ0n) is 11.4. The molecule has 1 heterocycles. The number of carboxylic acids is 1. The van der Waals surface area contributed by atoms with Crippen LogP contribution >= 0.6 is 0 Å². The van der Waals surface area contributed by atoms with E-state index in [1.165, 1.54) is 12.4 Å². The van der Waals surface area contributed by atoms with Crippen LogP contribution in [0.4, 0.5) is 0 Å². The van der Waals surface area contributed by atoms with Gasteiger partial charge in [0.05, 0.1) is 19.9 Å². The highest BCUT2D eigenvalue weighted by atomic mass is 16.5. The minimum Gasteiger partial charge on any atom is -0.493 e. The molecular weight excluding hydrogens is 260 g/mol. The Bertz CT molecular complexity index is 656. The Kier molecular flexibility index (Phi) is 3.84.